The van der Waals surface area contributed by atoms with Gasteiger partial charge in [-0.05, 0) is 72.5 Å². The van der Waals surface area contributed by atoms with E-state index >= 15 is 0 Å². The van der Waals surface area contributed by atoms with Crippen LogP contribution in [0.3, 0.4) is 0 Å². The highest BCUT2D eigenvalue weighted by atomic mass is 127. The first-order valence-corrected chi connectivity index (χ1v) is 10.5. The molecular weight excluding hydrogens is 525 g/mol. The van der Waals surface area contributed by atoms with Crippen molar-refractivity contribution in [3.05, 3.63) is 33.4 Å². The van der Waals surface area contributed by atoms with E-state index in [9.17, 15) is 29.1 Å². The minimum atomic E-state index is -1.46. The second-order valence-corrected chi connectivity index (χ2v) is 7.84. The number of carboxylic acid groups (broad SMARTS) is 3. The van der Waals surface area contributed by atoms with Crippen LogP contribution in [0.1, 0.15) is 42.5 Å². The summed E-state index contributed by atoms with van der Waals surface area (Å²) in [6, 6.07) is 3.27. The van der Waals surface area contributed by atoms with E-state index in [1.807, 2.05) is 0 Å². The van der Waals surface area contributed by atoms with Crippen LogP contribution in [-0.4, -0.2) is 63.8 Å². The number of nitrogens with one attached hydrogen (secondary N) is 3. The number of carbonyl (C=O) groups is 5. The van der Waals surface area contributed by atoms with Gasteiger partial charge in [-0.25, -0.2) is 14.4 Å². The smallest absolute Gasteiger partial charge is 0.326 e. The Morgan fingerprint density at radius 3 is 1.90 bits per heavy atom. The molecule has 31 heavy (non-hydrogen) atoms. The fraction of sp³-hybridized carbons (Fsp3) is 0.421. The van der Waals surface area contributed by atoms with E-state index in [1.54, 1.807) is 24.3 Å². The maximum absolute atomic E-state index is 12.0. The number of unbranched alkanes of at least 4 members (excludes halogenated alkanes) is 1. The maximum atomic E-state index is 12.0. The number of halogens is 1. The van der Waals surface area contributed by atoms with Gasteiger partial charge in [0.2, 0.25) is 0 Å². The molecule has 0 fully saturated rings. The third kappa shape index (κ3) is 10.6. The summed E-state index contributed by atoms with van der Waals surface area (Å²) >= 11 is 2.13. The van der Waals surface area contributed by atoms with Crippen molar-refractivity contribution in [3.63, 3.8) is 0 Å². The van der Waals surface area contributed by atoms with Crippen molar-refractivity contribution >= 4 is 52.4 Å². The predicted octanol–water partition coefficient (Wildman–Crippen LogP) is 1.26. The number of amides is 3. The lowest BCUT2D eigenvalue weighted by Crippen LogP contribution is -2.51. The van der Waals surface area contributed by atoms with Gasteiger partial charge in [0, 0.05) is 22.1 Å². The van der Waals surface area contributed by atoms with Gasteiger partial charge in [-0.3, -0.25) is 9.59 Å². The Bertz CT molecular complexity index is 800. The SMILES string of the molecule is O=C(O)CC[C@H](NC(=O)N[C@@H](CCCCNC(=O)c1ccc(I)cc1)C(=O)O)C(=O)O. The van der Waals surface area contributed by atoms with E-state index in [1.165, 1.54) is 0 Å². The van der Waals surface area contributed by atoms with Crippen LogP contribution in [0.15, 0.2) is 24.3 Å². The van der Waals surface area contributed by atoms with E-state index in [0.717, 1.165) is 3.57 Å². The van der Waals surface area contributed by atoms with Gasteiger partial charge >= 0.3 is 23.9 Å². The van der Waals surface area contributed by atoms with Crippen molar-refractivity contribution in [1.82, 2.24) is 16.0 Å². The van der Waals surface area contributed by atoms with Gasteiger partial charge in [0.15, 0.2) is 0 Å². The molecule has 0 spiro atoms. The molecule has 2 atom stereocenters. The molecule has 0 radical (unpaired) electrons. The first-order valence-electron chi connectivity index (χ1n) is 9.38. The highest BCUT2D eigenvalue weighted by Gasteiger charge is 2.24. The molecule has 0 heterocycles. The van der Waals surface area contributed by atoms with E-state index in [0.29, 0.717) is 24.9 Å². The summed E-state index contributed by atoms with van der Waals surface area (Å²) in [7, 11) is 0. The molecule has 0 saturated heterocycles. The molecule has 0 aliphatic carbocycles. The molecule has 170 valence electrons. The van der Waals surface area contributed by atoms with Gasteiger partial charge in [0.05, 0.1) is 0 Å². The Kier molecular flexibility index (Phi) is 11.3. The highest BCUT2D eigenvalue weighted by Crippen LogP contribution is 2.07. The van der Waals surface area contributed by atoms with Gasteiger partial charge in [-0.2, -0.15) is 0 Å². The molecule has 0 aromatic heterocycles. The van der Waals surface area contributed by atoms with E-state index < -0.39 is 42.4 Å². The van der Waals surface area contributed by atoms with Gasteiger partial charge in [-0.1, -0.05) is 0 Å². The number of aliphatic carboxylic acids is 3. The molecule has 0 saturated carbocycles. The summed E-state index contributed by atoms with van der Waals surface area (Å²) in [4.78, 5) is 56.9. The van der Waals surface area contributed by atoms with Crippen LogP contribution >= 0.6 is 22.6 Å². The molecule has 1 aromatic carbocycles. The Morgan fingerprint density at radius 1 is 0.839 bits per heavy atom. The summed E-state index contributed by atoms with van der Waals surface area (Å²) in [5.74, 6) is -4.18. The fourth-order valence-corrected chi connectivity index (χ4v) is 2.88. The fourth-order valence-electron chi connectivity index (χ4n) is 2.52. The van der Waals surface area contributed by atoms with Crippen LogP contribution in [0.2, 0.25) is 0 Å². The van der Waals surface area contributed by atoms with Crippen LogP contribution in [0.4, 0.5) is 4.79 Å². The van der Waals surface area contributed by atoms with Crippen LogP contribution < -0.4 is 16.0 Å². The van der Waals surface area contributed by atoms with Crippen molar-refractivity contribution in [2.24, 2.45) is 0 Å². The number of hydrogen-bond donors (Lipinski definition) is 6. The number of benzene rings is 1. The third-order valence-electron chi connectivity index (χ3n) is 4.17. The zero-order chi connectivity index (χ0) is 23.4. The van der Waals surface area contributed by atoms with Crippen molar-refractivity contribution in [1.29, 1.82) is 0 Å². The first kappa shape index (κ1) is 26.1. The summed E-state index contributed by atoms with van der Waals surface area (Å²) in [5, 5.41) is 33.9. The molecular formula is C19H24IN3O8. The minimum absolute atomic E-state index is 0.0645. The number of carbonyl (C=O) groups excluding carboxylic acids is 2. The predicted molar refractivity (Wildman–Crippen MR) is 117 cm³/mol. The van der Waals surface area contributed by atoms with E-state index in [2.05, 4.69) is 38.5 Å². The second-order valence-electron chi connectivity index (χ2n) is 6.59. The largest absolute Gasteiger partial charge is 0.481 e. The van der Waals surface area contributed by atoms with Crippen molar-refractivity contribution in [3.8, 4) is 0 Å². The van der Waals surface area contributed by atoms with Gasteiger partial charge in [0.25, 0.3) is 5.91 Å². The third-order valence-corrected chi connectivity index (χ3v) is 4.88. The van der Waals surface area contributed by atoms with Crippen molar-refractivity contribution in [2.75, 3.05) is 6.54 Å². The molecule has 6 N–H and O–H groups in total. The number of urea groups is 1. The Labute approximate surface area is 191 Å². The molecule has 0 aliphatic rings. The lowest BCUT2D eigenvalue weighted by atomic mass is 10.1. The lowest BCUT2D eigenvalue weighted by molar-refractivity contribution is -0.140. The highest BCUT2D eigenvalue weighted by molar-refractivity contribution is 14.1. The molecule has 0 unspecified atom stereocenters. The number of carboxylic acids is 3. The van der Waals surface area contributed by atoms with Gasteiger partial charge in [-0.15, -0.1) is 0 Å². The molecule has 1 rings (SSSR count). The van der Waals surface area contributed by atoms with Crippen LogP contribution in [-0.2, 0) is 14.4 Å². The minimum Gasteiger partial charge on any atom is -0.481 e. The lowest BCUT2D eigenvalue weighted by Gasteiger charge is -2.18. The van der Waals surface area contributed by atoms with Gasteiger partial charge in [0.1, 0.15) is 12.1 Å². The quantitative estimate of drug-likeness (QED) is 0.157. The summed E-state index contributed by atoms with van der Waals surface area (Å²) in [6.45, 7) is 0.319. The van der Waals surface area contributed by atoms with Crippen molar-refractivity contribution < 1.29 is 39.3 Å². The Hall–Kier alpha value is -2.90. The summed E-state index contributed by atoms with van der Waals surface area (Å²) in [6.07, 6.45) is 0.115. The number of rotatable bonds is 13. The zero-order valence-electron chi connectivity index (χ0n) is 16.5. The summed E-state index contributed by atoms with van der Waals surface area (Å²) in [5.41, 5.74) is 0.512. The van der Waals surface area contributed by atoms with Gasteiger partial charge < -0.3 is 31.3 Å². The van der Waals surface area contributed by atoms with E-state index in [4.69, 9.17) is 10.2 Å². The van der Waals surface area contributed by atoms with Crippen LogP contribution in [0.25, 0.3) is 0 Å². The average Bonchev–Trinajstić information content (AvgIpc) is 2.69. The topological polar surface area (TPSA) is 182 Å². The second kappa shape index (κ2) is 13.4. The monoisotopic (exact) mass is 549 g/mol. The molecule has 0 aliphatic heterocycles. The normalized spacial score (nSPS) is 12.3. The first-order chi connectivity index (χ1) is 14.6. The molecule has 3 amide bonds. The molecule has 11 nitrogen and oxygen atoms in total. The maximum Gasteiger partial charge on any atom is 0.326 e. The van der Waals surface area contributed by atoms with Crippen molar-refractivity contribution in [2.45, 2.75) is 44.2 Å². The number of hydrogen-bond acceptors (Lipinski definition) is 5. The molecule has 1 aromatic rings. The molecule has 12 heteroatoms. The molecule has 0 bridgehead atoms. The van der Waals surface area contributed by atoms with E-state index in [-0.39, 0.29) is 18.7 Å². The zero-order valence-corrected chi connectivity index (χ0v) is 18.6. The van der Waals surface area contributed by atoms with Crippen LogP contribution in [0.5, 0.6) is 0 Å². The van der Waals surface area contributed by atoms with Crippen LogP contribution in [0, 0.1) is 3.57 Å². The Balaban J connectivity index is 2.41. The summed E-state index contributed by atoms with van der Waals surface area (Å²) < 4.78 is 1.00. The Morgan fingerprint density at radius 2 is 1.39 bits per heavy atom. The standard InChI is InChI=1S/C19H24IN3O8/c20-12-6-4-11(5-7-12)16(26)21-10-2-1-3-13(17(27)28)22-19(31)23-14(18(29)30)8-9-15(24)25/h4-7,13-14H,1-3,8-10H2,(H,21,26)(H,24,25)(H,27,28)(H,29,30)(H2,22,23,31)/t13-,14-/m0/s1. The average molecular weight is 549 g/mol.